The quantitative estimate of drug-likeness (QED) is 0.869. The molecule has 0 saturated carbocycles. The van der Waals surface area contributed by atoms with Gasteiger partial charge in [0.2, 0.25) is 0 Å². The molecule has 0 aliphatic carbocycles. The fraction of sp³-hybridized carbons (Fsp3) is 0.588. The third-order valence-electron chi connectivity index (χ3n) is 4.73. The molecule has 2 fully saturated rings. The van der Waals surface area contributed by atoms with Gasteiger partial charge in [0.15, 0.2) is 5.79 Å². The number of nitrogens with zero attached hydrogens (tertiary/aromatic N) is 1. The van der Waals surface area contributed by atoms with E-state index < -0.39 is 5.79 Å². The van der Waals surface area contributed by atoms with Crippen molar-refractivity contribution >= 4 is 17.4 Å². The number of hydrogen-bond donors (Lipinski definition) is 1. The van der Waals surface area contributed by atoms with Crippen LogP contribution in [-0.2, 0) is 9.47 Å². The first-order valence-corrected chi connectivity index (χ1v) is 8.60. The summed E-state index contributed by atoms with van der Waals surface area (Å²) in [5, 5.41) is 3.58. The molecule has 0 unspecified atom stereocenters. The van der Waals surface area contributed by atoms with Crippen LogP contribution in [0.15, 0.2) is 23.7 Å². The summed E-state index contributed by atoms with van der Waals surface area (Å²) in [5.74, 6) is -0.486. The maximum atomic E-state index is 6.01. The molecule has 120 valence electrons. The summed E-state index contributed by atoms with van der Waals surface area (Å²) >= 11 is 1.65. The number of ether oxygens (including phenoxy) is 2. The monoisotopic (exact) mass is 320 g/mol. The first kappa shape index (κ1) is 15.9. The van der Waals surface area contributed by atoms with Gasteiger partial charge in [0, 0.05) is 29.3 Å². The van der Waals surface area contributed by atoms with E-state index in [1.165, 1.54) is 4.88 Å². The predicted octanol–water partition coefficient (Wildman–Crippen LogP) is 3.15. The normalized spacial score (nSPS) is 26.8. The molecule has 0 amide bonds. The minimum Gasteiger partial charge on any atom is -0.347 e. The van der Waals surface area contributed by atoms with Crippen LogP contribution in [0.2, 0.25) is 0 Å². The Bertz CT molecular complexity index is 585. The lowest BCUT2D eigenvalue weighted by molar-refractivity contribution is -0.243. The Kier molecular flexibility index (Phi) is 4.25. The second kappa shape index (κ2) is 5.89. The molecule has 2 aliphatic heterocycles. The van der Waals surface area contributed by atoms with Gasteiger partial charge in [-0.3, -0.25) is 0 Å². The summed E-state index contributed by atoms with van der Waals surface area (Å²) in [4.78, 5) is 5.45. The average Bonchev–Trinajstić information content (AvgIpc) is 3.10. The number of hydrogen-bond acceptors (Lipinski definition) is 5. The number of aryl methyl sites for hydroxylation is 1. The molecular formula is C17H24N2O2S. The van der Waals surface area contributed by atoms with Gasteiger partial charge >= 0.3 is 0 Å². The number of thiazole rings is 1. The molecule has 1 spiro atoms. The van der Waals surface area contributed by atoms with E-state index in [-0.39, 0.29) is 11.5 Å². The van der Waals surface area contributed by atoms with Gasteiger partial charge in [-0.25, -0.2) is 4.98 Å². The summed E-state index contributed by atoms with van der Waals surface area (Å²) in [6.07, 6.45) is 4.98. The van der Waals surface area contributed by atoms with Crippen molar-refractivity contribution in [2.45, 2.75) is 39.0 Å². The molecule has 22 heavy (non-hydrogen) atoms. The number of aromatic nitrogens is 1. The van der Waals surface area contributed by atoms with Gasteiger partial charge in [-0.2, -0.15) is 0 Å². The molecule has 2 saturated heterocycles. The molecule has 2 aliphatic rings. The van der Waals surface area contributed by atoms with Crippen LogP contribution in [0.25, 0.3) is 6.08 Å². The molecule has 1 atom stereocenters. The fourth-order valence-corrected chi connectivity index (χ4v) is 3.82. The zero-order valence-corrected chi connectivity index (χ0v) is 14.3. The zero-order chi connectivity index (χ0) is 15.8. The largest absolute Gasteiger partial charge is 0.347 e. The molecule has 0 radical (unpaired) electrons. The van der Waals surface area contributed by atoms with Gasteiger partial charge in [0.1, 0.15) is 0 Å². The van der Waals surface area contributed by atoms with Crippen LogP contribution in [0.3, 0.4) is 0 Å². The molecule has 3 heterocycles. The molecule has 1 N–H and O–H groups in total. The van der Waals surface area contributed by atoms with Crippen molar-refractivity contribution in [2.24, 2.45) is 5.41 Å². The first-order chi connectivity index (χ1) is 10.4. The van der Waals surface area contributed by atoms with Crippen molar-refractivity contribution in [2.75, 3.05) is 19.8 Å². The Balaban J connectivity index is 1.72. The minimum atomic E-state index is -0.486. The van der Waals surface area contributed by atoms with Gasteiger partial charge in [-0.05, 0) is 18.6 Å². The number of rotatable bonds is 3. The molecule has 0 aromatic carbocycles. The first-order valence-electron chi connectivity index (χ1n) is 7.72. The molecule has 1 aromatic heterocycles. The van der Waals surface area contributed by atoms with Crippen molar-refractivity contribution in [1.82, 2.24) is 10.3 Å². The van der Waals surface area contributed by atoms with E-state index in [4.69, 9.17) is 9.47 Å². The Hall–Kier alpha value is -1.01. The fourth-order valence-electron chi connectivity index (χ4n) is 3.13. The topological polar surface area (TPSA) is 43.4 Å². The third-order valence-corrected chi connectivity index (χ3v) is 5.62. The lowest BCUT2D eigenvalue weighted by Gasteiger charge is -2.49. The molecule has 3 rings (SSSR count). The molecular weight excluding hydrogens is 296 g/mol. The van der Waals surface area contributed by atoms with E-state index in [0.717, 1.165) is 24.2 Å². The maximum Gasteiger partial charge on any atom is 0.176 e. The highest BCUT2D eigenvalue weighted by Crippen LogP contribution is 2.44. The summed E-state index contributed by atoms with van der Waals surface area (Å²) in [6.45, 7) is 12.9. The van der Waals surface area contributed by atoms with Crippen LogP contribution in [-0.4, -0.2) is 36.6 Å². The Morgan fingerprint density at radius 3 is 2.82 bits per heavy atom. The van der Waals surface area contributed by atoms with Crippen LogP contribution >= 0.6 is 11.3 Å². The summed E-state index contributed by atoms with van der Waals surface area (Å²) < 4.78 is 12.0. The van der Waals surface area contributed by atoms with Gasteiger partial charge in [0.05, 0.1) is 24.4 Å². The standard InChI is InChI=1S/C17H24N2O2S/c1-12(5-6-15-13(2)19-11-22-15)14-9-17(20-7-8-21-17)16(3,4)10-18-14/h5-6,11,14,18H,1,7-10H2,2-4H3/b6-5-/t14-/m0/s1. The highest BCUT2D eigenvalue weighted by atomic mass is 32.1. The van der Waals surface area contributed by atoms with Crippen molar-refractivity contribution < 1.29 is 9.47 Å². The van der Waals surface area contributed by atoms with Crippen LogP contribution < -0.4 is 5.32 Å². The SMILES string of the molecule is C=C(/C=C\c1scnc1C)[C@@H]1CC2(OCCO2)C(C)(C)CN1. The highest BCUT2D eigenvalue weighted by Gasteiger charge is 2.54. The lowest BCUT2D eigenvalue weighted by Crippen LogP contribution is -2.60. The highest BCUT2D eigenvalue weighted by molar-refractivity contribution is 7.10. The molecule has 1 aromatic rings. The Morgan fingerprint density at radius 2 is 2.18 bits per heavy atom. The van der Waals surface area contributed by atoms with Crippen molar-refractivity contribution in [3.63, 3.8) is 0 Å². The zero-order valence-electron chi connectivity index (χ0n) is 13.5. The third kappa shape index (κ3) is 2.78. The predicted molar refractivity (Wildman–Crippen MR) is 89.8 cm³/mol. The van der Waals surface area contributed by atoms with E-state index in [2.05, 4.69) is 42.9 Å². The minimum absolute atomic E-state index is 0.0434. The smallest absolute Gasteiger partial charge is 0.176 e. The maximum absolute atomic E-state index is 6.01. The second-order valence-corrected chi connectivity index (χ2v) is 7.57. The van der Waals surface area contributed by atoms with Crippen LogP contribution in [0.1, 0.15) is 30.8 Å². The summed E-state index contributed by atoms with van der Waals surface area (Å²) in [5.41, 5.74) is 3.94. The molecule has 4 nitrogen and oxygen atoms in total. The van der Waals surface area contributed by atoms with Crippen LogP contribution in [0.5, 0.6) is 0 Å². The van der Waals surface area contributed by atoms with Gasteiger partial charge < -0.3 is 14.8 Å². The van der Waals surface area contributed by atoms with Crippen molar-refractivity contribution in [3.8, 4) is 0 Å². The number of nitrogens with one attached hydrogen (secondary N) is 1. The second-order valence-electron chi connectivity index (χ2n) is 6.68. The lowest BCUT2D eigenvalue weighted by atomic mass is 9.75. The summed E-state index contributed by atoms with van der Waals surface area (Å²) in [7, 11) is 0. The van der Waals surface area contributed by atoms with Crippen molar-refractivity contribution in [1.29, 1.82) is 0 Å². The van der Waals surface area contributed by atoms with Gasteiger partial charge in [-0.1, -0.05) is 26.5 Å². The van der Waals surface area contributed by atoms with E-state index in [1.54, 1.807) is 11.3 Å². The Morgan fingerprint density at radius 1 is 1.45 bits per heavy atom. The average molecular weight is 320 g/mol. The van der Waals surface area contributed by atoms with E-state index >= 15 is 0 Å². The van der Waals surface area contributed by atoms with Crippen LogP contribution in [0, 0.1) is 12.3 Å². The Labute approximate surface area is 136 Å². The summed E-state index contributed by atoms with van der Waals surface area (Å²) in [6, 6.07) is 0.176. The van der Waals surface area contributed by atoms with Crippen LogP contribution in [0.4, 0.5) is 0 Å². The molecule has 0 bridgehead atoms. The van der Waals surface area contributed by atoms with E-state index in [9.17, 15) is 0 Å². The van der Waals surface area contributed by atoms with E-state index in [1.807, 2.05) is 12.4 Å². The molecule has 5 heteroatoms. The number of piperidine rings is 1. The van der Waals surface area contributed by atoms with Gasteiger partial charge in [-0.15, -0.1) is 11.3 Å². The van der Waals surface area contributed by atoms with Crippen molar-refractivity contribution in [3.05, 3.63) is 34.3 Å². The van der Waals surface area contributed by atoms with Gasteiger partial charge in [0.25, 0.3) is 0 Å². The van der Waals surface area contributed by atoms with E-state index in [0.29, 0.717) is 13.2 Å².